The third kappa shape index (κ3) is 4.33. The number of hydrogen-bond donors (Lipinski definition) is 1. The number of amides is 4. The molecule has 0 unspecified atom stereocenters. The van der Waals surface area contributed by atoms with E-state index in [4.69, 9.17) is 0 Å². The number of carbonyl (C=O) groups is 3. The molecule has 29 heavy (non-hydrogen) atoms. The monoisotopic (exact) mass is 409 g/mol. The molecule has 4 amide bonds. The number of alkyl halides is 2. The third-order valence-electron chi connectivity index (χ3n) is 5.45. The van der Waals surface area contributed by atoms with Crippen LogP contribution in [0.4, 0.5) is 13.6 Å². The smallest absolute Gasteiger partial charge is 0.387 e. The second-order valence-electron chi connectivity index (χ2n) is 8.09. The van der Waals surface area contributed by atoms with Gasteiger partial charge in [0, 0.05) is 13.1 Å². The largest absolute Gasteiger partial charge is 0.435 e. The van der Waals surface area contributed by atoms with Gasteiger partial charge in [-0.3, -0.25) is 14.5 Å². The molecule has 2 aliphatic rings. The number of urea groups is 1. The van der Waals surface area contributed by atoms with E-state index in [9.17, 15) is 23.2 Å². The molecular formula is C20H25F2N3O4. The summed E-state index contributed by atoms with van der Waals surface area (Å²) in [6.45, 7) is 3.60. The predicted molar refractivity (Wildman–Crippen MR) is 100 cm³/mol. The van der Waals surface area contributed by atoms with E-state index in [1.807, 2.05) is 0 Å². The summed E-state index contributed by atoms with van der Waals surface area (Å²) >= 11 is 0. The number of rotatable bonds is 5. The standard InChI is InChI=1S/C20H25F2N3O4/c1-12-8-13(2)10-24(9-12)16(26)11-25-17(27)20(3,23-19(25)28)14-4-6-15(7-5-14)29-18(21)22/h4-7,12-13,18H,8-11H2,1-3H3,(H,23,28)/t12-,13-,20-/m1/s1. The van der Waals surface area contributed by atoms with Crippen LogP contribution in [0.3, 0.4) is 0 Å². The Bertz CT molecular complexity index is 791. The lowest BCUT2D eigenvalue weighted by Gasteiger charge is -2.35. The summed E-state index contributed by atoms with van der Waals surface area (Å²) in [6.07, 6.45) is 1.04. The van der Waals surface area contributed by atoms with Gasteiger partial charge in [-0.2, -0.15) is 8.78 Å². The molecule has 0 bridgehead atoms. The Morgan fingerprint density at radius 1 is 1.21 bits per heavy atom. The van der Waals surface area contributed by atoms with Crippen molar-refractivity contribution in [3.05, 3.63) is 29.8 Å². The maximum atomic E-state index is 13.0. The van der Waals surface area contributed by atoms with Crippen LogP contribution in [0.25, 0.3) is 0 Å². The summed E-state index contributed by atoms with van der Waals surface area (Å²) < 4.78 is 28.9. The first-order chi connectivity index (χ1) is 13.6. The Morgan fingerprint density at radius 2 is 1.79 bits per heavy atom. The molecule has 7 nitrogen and oxygen atoms in total. The summed E-state index contributed by atoms with van der Waals surface area (Å²) in [4.78, 5) is 40.7. The molecule has 2 fully saturated rings. The number of piperidine rings is 1. The van der Waals surface area contributed by atoms with E-state index in [-0.39, 0.29) is 18.2 Å². The lowest BCUT2D eigenvalue weighted by molar-refractivity contribution is -0.140. The van der Waals surface area contributed by atoms with E-state index in [2.05, 4.69) is 23.9 Å². The normalized spacial score (nSPS) is 27.4. The van der Waals surface area contributed by atoms with Crippen molar-refractivity contribution in [2.75, 3.05) is 19.6 Å². The molecule has 0 spiro atoms. The second kappa shape index (κ2) is 7.96. The molecule has 2 heterocycles. The van der Waals surface area contributed by atoms with Crippen molar-refractivity contribution in [1.82, 2.24) is 15.1 Å². The minimum Gasteiger partial charge on any atom is -0.435 e. The molecule has 0 aliphatic carbocycles. The van der Waals surface area contributed by atoms with Gasteiger partial charge in [-0.1, -0.05) is 26.0 Å². The highest BCUT2D eigenvalue weighted by molar-refractivity contribution is 6.09. The summed E-state index contributed by atoms with van der Waals surface area (Å²) in [6, 6.07) is 4.83. The highest BCUT2D eigenvalue weighted by Crippen LogP contribution is 2.30. The Hall–Kier alpha value is -2.71. The van der Waals surface area contributed by atoms with E-state index in [1.165, 1.54) is 31.2 Å². The molecule has 2 aliphatic heterocycles. The van der Waals surface area contributed by atoms with Crippen molar-refractivity contribution in [2.45, 2.75) is 39.3 Å². The Labute approximate surface area is 168 Å². The lowest BCUT2D eigenvalue weighted by Crippen LogP contribution is -2.48. The van der Waals surface area contributed by atoms with Crippen LogP contribution in [0.5, 0.6) is 5.75 Å². The molecule has 3 rings (SSSR count). The van der Waals surface area contributed by atoms with Crippen LogP contribution < -0.4 is 10.1 Å². The van der Waals surface area contributed by atoms with E-state index >= 15 is 0 Å². The molecule has 3 atom stereocenters. The van der Waals surface area contributed by atoms with Gasteiger partial charge in [-0.15, -0.1) is 0 Å². The van der Waals surface area contributed by atoms with Gasteiger partial charge in [0.2, 0.25) is 5.91 Å². The van der Waals surface area contributed by atoms with Crippen LogP contribution in [-0.4, -0.2) is 53.9 Å². The summed E-state index contributed by atoms with van der Waals surface area (Å²) in [5.41, 5.74) is -0.976. The SMILES string of the molecule is C[C@@H]1C[C@@H](C)CN(C(=O)CN2C(=O)N[C@](C)(c3ccc(OC(F)F)cc3)C2=O)C1. The fourth-order valence-corrected chi connectivity index (χ4v) is 4.11. The molecule has 1 N–H and O–H groups in total. The molecule has 0 radical (unpaired) electrons. The number of nitrogens with one attached hydrogen (secondary N) is 1. The zero-order valence-electron chi connectivity index (χ0n) is 16.7. The van der Waals surface area contributed by atoms with Gasteiger partial charge >= 0.3 is 12.6 Å². The topological polar surface area (TPSA) is 79.0 Å². The molecule has 0 saturated carbocycles. The fraction of sp³-hybridized carbons (Fsp3) is 0.550. The lowest BCUT2D eigenvalue weighted by atomic mass is 9.91. The van der Waals surface area contributed by atoms with Gasteiger partial charge in [0.15, 0.2) is 0 Å². The number of imide groups is 1. The average molecular weight is 409 g/mol. The minimum atomic E-state index is -2.95. The number of hydrogen-bond acceptors (Lipinski definition) is 4. The molecule has 0 aromatic heterocycles. The van der Waals surface area contributed by atoms with Crippen LogP contribution in [0, 0.1) is 11.8 Å². The van der Waals surface area contributed by atoms with Gasteiger partial charge in [0.05, 0.1) is 0 Å². The van der Waals surface area contributed by atoms with Gasteiger partial charge in [-0.05, 0) is 42.9 Å². The number of benzene rings is 1. The van der Waals surface area contributed by atoms with Crippen LogP contribution in [0.2, 0.25) is 0 Å². The van der Waals surface area contributed by atoms with Gasteiger partial charge in [0.25, 0.3) is 5.91 Å². The van der Waals surface area contributed by atoms with Crippen molar-refractivity contribution < 1.29 is 27.9 Å². The Balaban J connectivity index is 1.72. The Kier molecular flexibility index (Phi) is 5.77. The Morgan fingerprint density at radius 3 is 2.34 bits per heavy atom. The molecule has 9 heteroatoms. The summed E-state index contributed by atoms with van der Waals surface area (Å²) in [7, 11) is 0. The fourth-order valence-electron chi connectivity index (χ4n) is 4.11. The van der Waals surface area contributed by atoms with Gasteiger partial charge in [-0.25, -0.2) is 4.79 Å². The summed E-state index contributed by atoms with van der Waals surface area (Å²) in [5.74, 6) is -0.145. The number of ether oxygens (including phenoxy) is 1. The van der Waals surface area contributed by atoms with Crippen molar-refractivity contribution in [1.29, 1.82) is 0 Å². The van der Waals surface area contributed by atoms with Crippen molar-refractivity contribution in [2.24, 2.45) is 11.8 Å². The molecule has 1 aromatic rings. The molecular weight excluding hydrogens is 384 g/mol. The second-order valence-corrected chi connectivity index (χ2v) is 8.09. The number of nitrogens with zero attached hydrogens (tertiary/aromatic N) is 2. The van der Waals surface area contributed by atoms with E-state index in [0.29, 0.717) is 30.5 Å². The molecule has 158 valence electrons. The first-order valence-corrected chi connectivity index (χ1v) is 9.57. The van der Waals surface area contributed by atoms with E-state index in [0.717, 1.165) is 11.3 Å². The number of halogens is 2. The van der Waals surface area contributed by atoms with E-state index in [1.54, 1.807) is 4.90 Å². The number of likely N-dealkylation sites (tertiary alicyclic amines) is 1. The highest BCUT2D eigenvalue weighted by atomic mass is 19.3. The van der Waals surface area contributed by atoms with E-state index < -0.39 is 24.1 Å². The zero-order valence-corrected chi connectivity index (χ0v) is 16.7. The third-order valence-corrected chi connectivity index (χ3v) is 5.45. The minimum absolute atomic E-state index is 0.0514. The quantitative estimate of drug-likeness (QED) is 0.758. The predicted octanol–water partition coefficient (Wildman–Crippen LogP) is 2.56. The first kappa shape index (κ1) is 21.0. The van der Waals surface area contributed by atoms with Crippen LogP contribution in [0.15, 0.2) is 24.3 Å². The van der Waals surface area contributed by atoms with Crippen molar-refractivity contribution in [3.63, 3.8) is 0 Å². The van der Waals surface area contributed by atoms with Crippen LogP contribution >= 0.6 is 0 Å². The maximum Gasteiger partial charge on any atom is 0.387 e. The van der Waals surface area contributed by atoms with Crippen molar-refractivity contribution in [3.8, 4) is 5.75 Å². The number of carbonyl (C=O) groups excluding carboxylic acids is 3. The molecule has 1 aromatic carbocycles. The van der Waals surface area contributed by atoms with Crippen LogP contribution in [0.1, 0.15) is 32.8 Å². The first-order valence-electron chi connectivity index (χ1n) is 9.57. The highest BCUT2D eigenvalue weighted by Gasteiger charge is 2.49. The summed E-state index contributed by atoms with van der Waals surface area (Å²) in [5, 5.41) is 2.61. The van der Waals surface area contributed by atoms with Gasteiger partial charge in [0.1, 0.15) is 17.8 Å². The van der Waals surface area contributed by atoms with Gasteiger partial charge < -0.3 is 15.0 Å². The average Bonchev–Trinajstić information content (AvgIpc) is 2.85. The molecule has 2 saturated heterocycles. The maximum absolute atomic E-state index is 13.0. The van der Waals surface area contributed by atoms with Crippen molar-refractivity contribution >= 4 is 17.8 Å². The zero-order chi connectivity index (χ0) is 21.3. The van der Waals surface area contributed by atoms with Crippen LogP contribution in [-0.2, 0) is 15.1 Å².